The van der Waals surface area contributed by atoms with Crippen molar-refractivity contribution in [3.63, 3.8) is 0 Å². The van der Waals surface area contributed by atoms with Crippen LogP contribution in [0.3, 0.4) is 0 Å². The fraction of sp³-hybridized carbons (Fsp3) is 0.591. The molecular weight excluding hydrogens is 414 g/mol. The summed E-state index contributed by atoms with van der Waals surface area (Å²) in [4.78, 5) is 18.2. The van der Waals surface area contributed by atoms with E-state index in [9.17, 15) is 5.11 Å². The Morgan fingerprint density at radius 3 is 2.39 bits per heavy atom. The van der Waals surface area contributed by atoms with E-state index in [1.807, 2.05) is 7.05 Å². The van der Waals surface area contributed by atoms with Gasteiger partial charge in [0.15, 0.2) is 0 Å². The first kappa shape index (κ1) is 23.3. The van der Waals surface area contributed by atoms with Crippen LogP contribution in [0.4, 0.5) is 23.5 Å². The van der Waals surface area contributed by atoms with E-state index in [1.54, 1.807) is 18.2 Å². The van der Waals surface area contributed by atoms with Crippen molar-refractivity contribution < 1.29 is 5.11 Å². The quantitative estimate of drug-likeness (QED) is 0.382. The minimum absolute atomic E-state index is 0.0416. The molecule has 170 valence electrons. The van der Waals surface area contributed by atoms with Crippen LogP contribution < -0.4 is 15.5 Å². The van der Waals surface area contributed by atoms with Gasteiger partial charge in [0.25, 0.3) is 0 Å². The lowest BCUT2D eigenvalue weighted by atomic mass is 10.1. The maximum atomic E-state index is 9.68. The molecule has 31 heavy (non-hydrogen) atoms. The molecule has 0 bridgehead atoms. The number of hydrogen-bond acceptors (Lipinski definition) is 8. The number of anilines is 4. The Labute approximate surface area is 190 Å². The molecule has 1 fully saturated rings. The highest BCUT2D eigenvalue weighted by Crippen LogP contribution is 2.28. The van der Waals surface area contributed by atoms with Gasteiger partial charge < -0.3 is 25.5 Å². The van der Waals surface area contributed by atoms with Crippen LogP contribution in [0.2, 0.25) is 5.02 Å². The molecule has 0 radical (unpaired) electrons. The highest BCUT2D eigenvalue weighted by atomic mass is 35.5. The summed E-state index contributed by atoms with van der Waals surface area (Å²) in [5.74, 6) is 1.70. The number of benzene rings is 1. The van der Waals surface area contributed by atoms with Crippen molar-refractivity contribution in [1.82, 2.24) is 19.9 Å². The van der Waals surface area contributed by atoms with Crippen LogP contribution >= 0.6 is 11.6 Å². The Morgan fingerprint density at radius 1 is 1.00 bits per heavy atom. The van der Waals surface area contributed by atoms with Gasteiger partial charge in [0.1, 0.15) is 5.75 Å². The number of rotatable bonds is 9. The number of hydrogen-bond donors (Lipinski definition) is 3. The number of phenols is 1. The predicted octanol–water partition coefficient (Wildman–Crippen LogP) is 4.50. The molecule has 1 aliphatic carbocycles. The lowest BCUT2D eigenvalue weighted by Crippen LogP contribution is -2.26. The van der Waals surface area contributed by atoms with Gasteiger partial charge in [0.2, 0.25) is 17.8 Å². The van der Waals surface area contributed by atoms with Gasteiger partial charge in [-0.05, 0) is 58.1 Å². The Bertz CT molecular complexity index is 841. The summed E-state index contributed by atoms with van der Waals surface area (Å²) in [7, 11) is 6.15. The first-order chi connectivity index (χ1) is 14.9. The van der Waals surface area contributed by atoms with E-state index < -0.39 is 0 Å². The molecule has 8 nitrogen and oxygen atoms in total. The third-order valence-corrected chi connectivity index (χ3v) is 5.76. The van der Waals surface area contributed by atoms with Crippen LogP contribution in [-0.4, -0.2) is 65.2 Å². The second-order valence-electron chi connectivity index (χ2n) is 8.49. The van der Waals surface area contributed by atoms with Crippen molar-refractivity contribution in [2.45, 2.75) is 51.0 Å². The van der Waals surface area contributed by atoms with Gasteiger partial charge >= 0.3 is 0 Å². The lowest BCUT2D eigenvalue weighted by Gasteiger charge is -2.21. The molecule has 1 aliphatic rings. The summed E-state index contributed by atoms with van der Waals surface area (Å²) >= 11 is 6.05. The van der Waals surface area contributed by atoms with Gasteiger partial charge in [-0.15, -0.1) is 0 Å². The average Bonchev–Trinajstić information content (AvgIpc) is 2.99. The Kier molecular flexibility index (Phi) is 8.54. The Hall–Kier alpha value is -2.32. The van der Waals surface area contributed by atoms with E-state index in [1.165, 1.54) is 25.7 Å². The van der Waals surface area contributed by atoms with E-state index in [-0.39, 0.29) is 10.8 Å². The molecule has 1 aromatic heterocycles. The molecule has 2 aromatic rings. The molecule has 3 rings (SSSR count). The van der Waals surface area contributed by atoms with E-state index in [4.69, 9.17) is 16.6 Å². The van der Waals surface area contributed by atoms with Gasteiger partial charge in [-0.1, -0.05) is 37.3 Å². The molecule has 0 aliphatic heterocycles. The van der Waals surface area contributed by atoms with Crippen molar-refractivity contribution in [2.75, 3.05) is 49.8 Å². The van der Waals surface area contributed by atoms with Crippen LogP contribution in [0.15, 0.2) is 18.2 Å². The monoisotopic (exact) mass is 447 g/mol. The van der Waals surface area contributed by atoms with Crippen molar-refractivity contribution in [1.29, 1.82) is 0 Å². The summed E-state index contributed by atoms with van der Waals surface area (Å²) in [5, 5.41) is 16.7. The molecule has 3 N–H and O–H groups in total. The number of nitrogens with zero attached hydrogens (tertiary/aromatic N) is 5. The summed E-state index contributed by atoms with van der Waals surface area (Å²) in [6.45, 7) is 1.84. The normalized spacial score (nSPS) is 15.0. The Morgan fingerprint density at radius 2 is 1.71 bits per heavy atom. The van der Waals surface area contributed by atoms with Crippen LogP contribution in [0, 0.1) is 0 Å². The zero-order valence-corrected chi connectivity index (χ0v) is 19.5. The molecule has 1 aromatic carbocycles. The molecular formula is C22H34ClN7O. The van der Waals surface area contributed by atoms with Gasteiger partial charge in [0.05, 0.1) is 5.02 Å². The average molecular weight is 448 g/mol. The third-order valence-electron chi connectivity index (χ3n) is 5.46. The fourth-order valence-corrected chi connectivity index (χ4v) is 3.88. The second-order valence-corrected chi connectivity index (χ2v) is 8.89. The van der Waals surface area contributed by atoms with E-state index >= 15 is 0 Å². The fourth-order valence-electron chi connectivity index (χ4n) is 3.70. The molecule has 1 saturated carbocycles. The maximum absolute atomic E-state index is 9.68. The predicted molar refractivity (Wildman–Crippen MR) is 128 cm³/mol. The van der Waals surface area contributed by atoms with Crippen molar-refractivity contribution in [3.8, 4) is 5.75 Å². The van der Waals surface area contributed by atoms with E-state index in [0.717, 1.165) is 32.4 Å². The highest BCUT2D eigenvalue weighted by molar-refractivity contribution is 6.32. The number of nitrogens with one attached hydrogen (secondary N) is 2. The van der Waals surface area contributed by atoms with Crippen molar-refractivity contribution in [3.05, 3.63) is 23.2 Å². The largest absolute Gasteiger partial charge is 0.506 e. The standard InChI is InChI=1S/C22H34ClN7O/c1-29(2)13-8-14-30(3)22-27-20(24-16-9-6-4-5-7-10-16)26-21(28-22)25-17-11-12-19(31)18(23)15-17/h11-12,15-16,31H,4-10,13-14H2,1-3H3,(H2,24,25,26,27,28). The van der Waals surface area contributed by atoms with Crippen LogP contribution in [-0.2, 0) is 0 Å². The van der Waals surface area contributed by atoms with Gasteiger partial charge in [0, 0.05) is 25.3 Å². The summed E-state index contributed by atoms with van der Waals surface area (Å²) in [5.41, 5.74) is 0.704. The Balaban J connectivity index is 1.80. The first-order valence-corrected chi connectivity index (χ1v) is 11.4. The SMILES string of the molecule is CN(C)CCCN(C)c1nc(Nc2ccc(O)c(Cl)c2)nc(NC2CCCCCC2)n1. The van der Waals surface area contributed by atoms with Gasteiger partial charge in [-0.25, -0.2) is 0 Å². The van der Waals surface area contributed by atoms with E-state index in [0.29, 0.717) is 29.6 Å². The second kappa shape index (κ2) is 11.3. The van der Waals surface area contributed by atoms with Crippen molar-refractivity contribution >= 4 is 35.1 Å². The highest BCUT2D eigenvalue weighted by Gasteiger charge is 2.16. The smallest absolute Gasteiger partial charge is 0.233 e. The van der Waals surface area contributed by atoms with Crippen LogP contribution in [0.25, 0.3) is 0 Å². The number of aromatic hydroxyl groups is 1. The molecule has 1 heterocycles. The number of aromatic nitrogens is 3. The zero-order chi connectivity index (χ0) is 22.2. The number of phenolic OH excluding ortho intramolecular Hbond substituents is 1. The maximum Gasteiger partial charge on any atom is 0.233 e. The third kappa shape index (κ3) is 7.40. The first-order valence-electron chi connectivity index (χ1n) is 11.0. The van der Waals surface area contributed by atoms with Crippen molar-refractivity contribution in [2.24, 2.45) is 0 Å². The zero-order valence-electron chi connectivity index (χ0n) is 18.7. The molecule has 0 unspecified atom stereocenters. The molecule has 0 saturated heterocycles. The number of halogens is 1. The van der Waals surface area contributed by atoms with E-state index in [2.05, 4.69) is 44.5 Å². The van der Waals surface area contributed by atoms with Gasteiger partial charge in [-0.3, -0.25) is 0 Å². The summed E-state index contributed by atoms with van der Waals surface area (Å²) in [6.07, 6.45) is 8.34. The molecule has 0 atom stereocenters. The minimum atomic E-state index is 0.0416. The molecule has 0 spiro atoms. The molecule has 9 heteroatoms. The topological polar surface area (TPSA) is 89.4 Å². The lowest BCUT2D eigenvalue weighted by molar-refractivity contribution is 0.401. The van der Waals surface area contributed by atoms with Gasteiger partial charge in [-0.2, -0.15) is 15.0 Å². The van der Waals surface area contributed by atoms with Crippen LogP contribution in [0.1, 0.15) is 44.9 Å². The minimum Gasteiger partial charge on any atom is -0.506 e. The molecule has 0 amide bonds. The summed E-state index contributed by atoms with van der Waals surface area (Å²) < 4.78 is 0. The summed E-state index contributed by atoms with van der Waals surface area (Å²) in [6, 6.07) is 5.32. The van der Waals surface area contributed by atoms with Crippen LogP contribution in [0.5, 0.6) is 5.75 Å².